The Hall–Kier alpha value is -2.10. The van der Waals surface area contributed by atoms with Crippen molar-refractivity contribution in [1.82, 2.24) is 9.97 Å². The maximum absolute atomic E-state index is 12.2. The molecule has 0 unspecified atom stereocenters. The minimum atomic E-state index is -0.0341. The van der Waals surface area contributed by atoms with Crippen molar-refractivity contribution in [2.45, 2.75) is 46.5 Å². The number of hydrogen-bond donors (Lipinski definition) is 2. The first-order valence-electron chi connectivity index (χ1n) is 7.53. The van der Waals surface area contributed by atoms with Gasteiger partial charge in [0.25, 0.3) is 5.56 Å². The summed E-state index contributed by atoms with van der Waals surface area (Å²) in [6.07, 6.45) is 4.12. The predicted molar refractivity (Wildman–Crippen MR) is 87.3 cm³/mol. The zero-order valence-electron chi connectivity index (χ0n) is 13.0. The van der Waals surface area contributed by atoms with Gasteiger partial charge in [-0.3, -0.25) is 9.78 Å². The summed E-state index contributed by atoms with van der Waals surface area (Å²) in [6.45, 7) is 6.10. The Bertz CT molecular complexity index is 644. The molecule has 0 radical (unpaired) electrons. The van der Waals surface area contributed by atoms with Crippen molar-refractivity contribution in [3.63, 3.8) is 0 Å². The summed E-state index contributed by atoms with van der Waals surface area (Å²) in [6, 6.07) is 7.98. The molecule has 0 aliphatic carbocycles. The molecule has 0 amide bonds. The van der Waals surface area contributed by atoms with Crippen LogP contribution >= 0.6 is 0 Å². The molecule has 0 aliphatic rings. The summed E-state index contributed by atoms with van der Waals surface area (Å²) < 4.78 is 0. The van der Waals surface area contributed by atoms with Crippen molar-refractivity contribution in [2.24, 2.45) is 0 Å². The molecule has 21 heavy (non-hydrogen) atoms. The Morgan fingerprint density at radius 2 is 1.86 bits per heavy atom. The van der Waals surface area contributed by atoms with Crippen LogP contribution in [0.5, 0.6) is 0 Å². The maximum Gasteiger partial charge on any atom is 0.255 e. The van der Waals surface area contributed by atoms with Crippen molar-refractivity contribution < 1.29 is 0 Å². The van der Waals surface area contributed by atoms with E-state index < -0.39 is 0 Å². The van der Waals surface area contributed by atoms with Gasteiger partial charge in [-0.15, -0.1) is 0 Å². The van der Waals surface area contributed by atoms with E-state index in [0.717, 1.165) is 42.6 Å². The minimum Gasteiger partial charge on any atom is -0.326 e. The number of H-pyrrole nitrogens is 1. The Morgan fingerprint density at radius 1 is 1.14 bits per heavy atom. The van der Waals surface area contributed by atoms with Gasteiger partial charge in [0, 0.05) is 16.9 Å². The van der Waals surface area contributed by atoms with Gasteiger partial charge in [-0.05, 0) is 38.8 Å². The van der Waals surface area contributed by atoms with Crippen LogP contribution in [-0.4, -0.2) is 9.97 Å². The summed E-state index contributed by atoms with van der Waals surface area (Å²) >= 11 is 0. The van der Waals surface area contributed by atoms with Crippen LogP contribution in [0.3, 0.4) is 0 Å². The number of nitrogens with one attached hydrogen (secondary N) is 2. The van der Waals surface area contributed by atoms with Crippen molar-refractivity contribution in [2.75, 3.05) is 5.32 Å². The molecule has 2 rings (SSSR count). The summed E-state index contributed by atoms with van der Waals surface area (Å²) in [5, 5.41) is 3.14. The fourth-order valence-corrected chi connectivity index (χ4v) is 2.29. The fraction of sp³-hybridized carbons (Fsp3) is 0.412. The summed E-state index contributed by atoms with van der Waals surface area (Å²) in [5.74, 6) is 0.501. The molecule has 0 saturated carbocycles. The summed E-state index contributed by atoms with van der Waals surface area (Å²) in [4.78, 5) is 19.5. The topological polar surface area (TPSA) is 57.8 Å². The molecule has 4 nitrogen and oxygen atoms in total. The average molecular weight is 285 g/mol. The van der Waals surface area contributed by atoms with Crippen LogP contribution in [0.4, 0.5) is 11.6 Å². The van der Waals surface area contributed by atoms with Gasteiger partial charge in [-0.1, -0.05) is 37.5 Å². The number of nitrogens with zero attached hydrogens (tertiary/aromatic N) is 1. The van der Waals surface area contributed by atoms with Crippen molar-refractivity contribution in [1.29, 1.82) is 0 Å². The molecule has 1 heterocycles. The van der Waals surface area contributed by atoms with E-state index in [4.69, 9.17) is 0 Å². The molecule has 0 bridgehead atoms. The number of anilines is 2. The quantitative estimate of drug-likeness (QED) is 0.792. The predicted octanol–water partition coefficient (Wildman–Crippen LogP) is 3.86. The molecular weight excluding hydrogens is 262 g/mol. The number of unbranched alkanes of at least 4 members (excludes halogenated alkanes) is 2. The van der Waals surface area contributed by atoms with Crippen molar-refractivity contribution in [3.05, 3.63) is 51.4 Å². The molecule has 0 saturated heterocycles. The highest BCUT2D eigenvalue weighted by atomic mass is 16.1. The molecule has 2 aromatic rings. The number of aromatic nitrogens is 2. The molecule has 2 N–H and O–H groups in total. The number of aromatic amines is 1. The van der Waals surface area contributed by atoms with Gasteiger partial charge in [0.1, 0.15) is 0 Å². The van der Waals surface area contributed by atoms with Crippen LogP contribution in [0.25, 0.3) is 0 Å². The Kier molecular flexibility index (Phi) is 5.14. The number of benzene rings is 1. The normalized spacial score (nSPS) is 10.6. The Labute approximate surface area is 125 Å². The molecule has 0 spiro atoms. The second-order valence-electron chi connectivity index (χ2n) is 5.43. The van der Waals surface area contributed by atoms with E-state index in [1.807, 2.05) is 38.1 Å². The smallest absolute Gasteiger partial charge is 0.255 e. The van der Waals surface area contributed by atoms with E-state index in [0.29, 0.717) is 5.95 Å². The van der Waals surface area contributed by atoms with Gasteiger partial charge in [-0.2, -0.15) is 0 Å². The fourth-order valence-electron chi connectivity index (χ4n) is 2.29. The van der Waals surface area contributed by atoms with Crippen LogP contribution in [0.1, 0.15) is 43.0 Å². The third-order valence-electron chi connectivity index (χ3n) is 3.57. The zero-order chi connectivity index (χ0) is 15.2. The van der Waals surface area contributed by atoms with E-state index in [-0.39, 0.29) is 5.56 Å². The Balaban J connectivity index is 2.15. The van der Waals surface area contributed by atoms with Crippen LogP contribution < -0.4 is 10.9 Å². The van der Waals surface area contributed by atoms with E-state index in [2.05, 4.69) is 22.2 Å². The lowest BCUT2D eigenvalue weighted by molar-refractivity contribution is 0.707. The first kappa shape index (κ1) is 15.3. The van der Waals surface area contributed by atoms with Crippen molar-refractivity contribution in [3.8, 4) is 0 Å². The van der Waals surface area contributed by atoms with Gasteiger partial charge in [-0.25, -0.2) is 4.98 Å². The lowest BCUT2D eigenvalue weighted by Gasteiger charge is -2.09. The zero-order valence-corrected chi connectivity index (χ0v) is 13.0. The highest BCUT2D eigenvalue weighted by Gasteiger charge is 2.08. The van der Waals surface area contributed by atoms with E-state index in [1.54, 1.807) is 0 Å². The number of aryl methyl sites for hydroxylation is 2. The highest BCUT2D eigenvalue weighted by molar-refractivity contribution is 5.53. The van der Waals surface area contributed by atoms with Gasteiger partial charge in [0.05, 0.1) is 0 Å². The minimum absolute atomic E-state index is 0.0341. The second-order valence-corrected chi connectivity index (χ2v) is 5.43. The maximum atomic E-state index is 12.2. The van der Waals surface area contributed by atoms with Crippen LogP contribution in [0.15, 0.2) is 29.1 Å². The molecule has 1 aromatic carbocycles. The highest BCUT2D eigenvalue weighted by Crippen LogP contribution is 2.14. The molecule has 0 aliphatic heterocycles. The Morgan fingerprint density at radius 3 is 2.48 bits per heavy atom. The molecule has 1 aromatic heterocycles. The van der Waals surface area contributed by atoms with E-state index in [9.17, 15) is 4.79 Å². The summed E-state index contributed by atoms with van der Waals surface area (Å²) in [7, 11) is 0. The van der Waals surface area contributed by atoms with E-state index >= 15 is 0 Å². The second kappa shape index (κ2) is 7.07. The van der Waals surface area contributed by atoms with Gasteiger partial charge < -0.3 is 5.32 Å². The number of hydrogen-bond acceptors (Lipinski definition) is 3. The van der Waals surface area contributed by atoms with Gasteiger partial charge in [0.2, 0.25) is 5.95 Å². The van der Waals surface area contributed by atoms with Crippen LogP contribution in [0.2, 0.25) is 0 Å². The molecule has 0 fully saturated rings. The first-order chi connectivity index (χ1) is 10.1. The SMILES string of the molecule is CCCCCc1c(C)nc(Nc2ccc(C)cc2)[nH]c1=O. The molecule has 0 atom stereocenters. The largest absolute Gasteiger partial charge is 0.326 e. The molecule has 112 valence electrons. The van der Waals surface area contributed by atoms with Gasteiger partial charge >= 0.3 is 0 Å². The van der Waals surface area contributed by atoms with Crippen LogP contribution in [-0.2, 0) is 6.42 Å². The average Bonchev–Trinajstić information content (AvgIpc) is 2.44. The number of rotatable bonds is 6. The standard InChI is InChI=1S/C17H23N3O/c1-4-5-6-7-15-13(3)18-17(20-16(15)21)19-14-10-8-12(2)9-11-14/h8-11H,4-7H2,1-3H3,(H2,18,19,20,21). The van der Waals surface area contributed by atoms with E-state index in [1.165, 1.54) is 5.56 Å². The lowest BCUT2D eigenvalue weighted by Crippen LogP contribution is -2.18. The van der Waals surface area contributed by atoms with Crippen molar-refractivity contribution >= 4 is 11.6 Å². The molecule has 4 heteroatoms. The monoisotopic (exact) mass is 285 g/mol. The van der Waals surface area contributed by atoms with Crippen LogP contribution in [0, 0.1) is 13.8 Å². The first-order valence-corrected chi connectivity index (χ1v) is 7.53. The third-order valence-corrected chi connectivity index (χ3v) is 3.57. The summed E-state index contributed by atoms with van der Waals surface area (Å²) in [5.41, 5.74) is 3.70. The third kappa shape index (κ3) is 4.18. The molecular formula is C17H23N3O. The van der Waals surface area contributed by atoms with Gasteiger partial charge in [0.15, 0.2) is 0 Å². The lowest BCUT2D eigenvalue weighted by atomic mass is 10.1.